The molecule has 1 aliphatic rings. The first kappa shape index (κ1) is 14.5. The Kier molecular flexibility index (Phi) is 4.97. The second-order valence-corrected chi connectivity index (χ2v) is 5.91. The smallest absolute Gasteiger partial charge is 0.0494 e. The fourth-order valence-corrected chi connectivity index (χ4v) is 3.09. The van der Waals surface area contributed by atoms with E-state index >= 15 is 0 Å². The molecule has 0 bridgehead atoms. The molecule has 0 aliphatic carbocycles. The third-order valence-electron chi connectivity index (χ3n) is 4.38. The Bertz CT molecular complexity index is 419. The average Bonchev–Trinajstić information content (AvgIpc) is 2.41. The van der Waals surface area contributed by atoms with Crippen LogP contribution in [-0.4, -0.2) is 19.3 Å². The highest BCUT2D eigenvalue weighted by molar-refractivity contribution is 5.31. The van der Waals surface area contributed by atoms with E-state index in [1.165, 1.54) is 16.7 Å². The molecule has 0 aromatic heterocycles. The third-order valence-corrected chi connectivity index (χ3v) is 4.38. The first-order valence-electron chi connectivity index (χ1n) is 7.22. The number of hydrazine groups is 1. The lowest BCUT2D eigenvalue weighted by molar-refractivity contribution is 0.0109. The molecule has 106 valence electrons. The molecule has 1 saturated heterocycles. The van der Waals surface area contributed by atoms with Gasteiger partial charge in [-0.3, -0.25) is 11.3 Å². The van der Waals surface area contributed by atoms with E-state index in [4.69, 9.17) is 10.6 Å². The van der Waals surface area contributed by atoms with Crippen LogP contribution in [0.25, 0.3) is 0 Å². The molecule has 3 atom stereocenters. The summed E-state index contributed by atoms with van der Waals surface area (Å²) in [4.78, 5) is 0. The summed E-state index contributed by atoms with van der Waals surface area (Å²) >= 11 is 0. The molecule has 1 aromatic rings. The van der Waals surface area contributed by atoms with Crippen molar-refractivity contribution >= 4 is 0 Å². The van der Waals surface area contributed by atoms with Crippen molar-refractivity contribution in [2.75, 3.05) is 13.2 Å². The second kappa shape index (κ2) is 6.51. The van der Waals surface area contributed by atoms with Crippen LogP contribution < -0.4 is 11.3 Å². The number of rotatable bonds is 4. The van der Waals surface area contributed by atoms with E-state index in [1.54, 1.807) is 0 Å². The maximum Gasteiger partial charge on any atom is 0.0494 e. The van der Waals surface area contributed by atoms with Crippen LogP contribution in [0.2, 0.25) is 0 Å². The summed E-state index contributed by atoms with van der Waals surface area (Å²) in [5, 5.41) is 0. The lowest BCUT2D eigenvalue weighted by atomic mass is 9.81. The number of hydrogen-bond acceptors (Lipinski definition) is 3. The SMILES string of the molecule is Cc1ccc(C)c(CC(NN)C2CCOCC2C)c1. The molecule has 0 radical (unpaired) electrons. The molecule has 19 heavy (non-hydrogen) atoms. The zero-order valence-corrected chi connectivity index (χ0v) is 12.3. The van der Waals surface area contributed by atoms with E-state index in [0.29, 0.717) is 17.9 Å². The fourth-order valence-electron chi connectivity index (χ4n) is 3.09. The van der Waals surface area contributed by atoms with Crippen molar-refractivity contribution in [2.45, 2.75) is 39.7 Å². The van der Waals surface area contributed by atoms with Gasteiger partial charge in [0.25, 0.3) is 0 Å². The summed E-state index contributed by atoms with van der Waals surface area (Å²) in [6.45, 7) is 8.30. The molecule has 3 unspecified atom stereocenters. The van der Waals surface area contributed by atoms with Crippen LogP contribution in [0.5, 0.6) is 0 Å². The van der Waals surface area contributed by atoms with Gasteiger partial charge in [-0.2, -0.15) is 0 Å². The first-order valence-corrected chi connectivity index (χ1v) is 7.22. The zero-order valence-electron chi connectivity index (χ0n) is 12.3. The minimum atomic E-state index is 0.333. The van der Waals surface area contributed by atoms with Gasteiger partial charge in [0.2, 0.25) is 0 Å². The predicted octanol–water partition coefficient (Wildman–Crippen LogP) is 2.35. The van der Waals surface area contributed by atoms with Crippen LogP contribution in [0.4, 0.5) is 0 Å². The van der Waals surface area contributed by atoms with Gasteiger partial charge >= 0.3 is 0 Å². The number of ether oxygens (including phenoxy) is 1. The summed E-state index contributed by atoms with van der Waals surface area (Å²) < 4.78 is 5.53. The molecular weight excluding hydrogens is 236 g/mol. The molecule has 3 heteroatoms. The molecule has 3 N–H and O–H groups in total. The van der Waals surface area contributed by atoms with E-state index in [9.17, 15) is 0 Å². The summed E-state index contributed by atoms with van der Waals surface area (Å²) in [5.41, 5.74) is 7.11. The molecule has 1 aromatic carbocycles. The van der Waals surface area contributed by atoms with Gasteiger partial charge in [-0.1, -0.05) is 30.7 Å². The number of hydrogen-bond donors (Lipinski definition) is 2. The van der Waals surface area contributed by atoms with E-state index in [-0.39, 0.29) is 0 Å². The molecule has 0 spiro atoms. The Morgan fingerprint density at radius 3 is 2.89 bits per heavy atom. The molecule has 1 heterocycles. The van der Waals surface area contributed by atoms with Crippen LogP contribution in [0, 0.1) is 25.7 Å². The number of nitrogens with one attached hydrogen (secondary N) is 1. The largest absolute Gasteiger partial charge is 0.381 e. The first-order chi connectivity index (χ1) is 9.11. The minimum absolute atomic E-state index is 0.333. The summed E-state index contributed by atoms with van der Waals surface area (Å²) in [6.07, 6.45) is 2.10. The van der Waals surface area contributed by atoms with Crippen molar-refractivity contribution in [1.29, 1.82) is 0 Å². The van der Waals surface area contributed by atoms with Crippen LogP contribution in [0.3, 0.4) is 0 Å². The summed E-state index contributed by atoms with van der Waals surface area (Å²) in [5.74, 6) is 6.98. The highest BCUT2D eigenvalue weighted by Gasteiger charge is 2.29. The topological polar surface area (TPSA) is 47.3 Å². The normalized spacial score (nSPS) is 25.3. The number of nitrogens with two attached hydrogens (primary N) is 1. The van der Waals surface area contributed by atoms with Crippen LogP contribution >= 0.6 is 0 Å². The predicted molar refractivity (Wildman–Crippen MR) is 78.8 cm³/mol. The lowest BCUT2D eigenvalue weighted by Gasteiger charge is -2.35. The van der Waals surface area contributed by atoms with Gasteiger partial charge < -0.3 is 4.74 Å². The highest BCUT2D eigenvalue weighted by atomic mass is 16.5. The molecule has 3 nitrogen and oxygen atoms in total. The highest BCUT2D eigenvalue weighted by Crippen LogP contribution is 2.27. The Balaban J connectivity index is 2.11. The third kappa shape index (κ3) is 3.56. The Hall–Kier alpha value is -0.900. The molecule has 1 aliphatic heterocycles. The van der Waals surface area contributed by atoms with Crippen molar-refractivity contribution < 1.29 is 4.74 Å². The van der Waals surface area contributed by atoms with E-state index in [0.717, 1.165) is 26.1 Å². The van der Waals surface area contributed by atoms with Gasteiger partial charge in [0.1, 0.15) is 0 Å². The Morgan fingerprint density at radius 1 is 1.42 bits per heavy atom. The second-order valence-electron chi connectivity index (χ2n) is 5.91. The molecule has 0 saturated carbocycles. The van der Waals surface area contributed by atoms with Crippen molar-refractivity contribution in [3.63, 3.8) is 0 Å². The fraction of sp³-hybridized carbons (Fsp3) is 0.625. The number of aryl methyl sites for hydroxylation is 2. The van der Waals surface area contributed by atoms with Gasteiger partial charge in [-0.05, 0) is 49.7 Å². The lowest BCUT2D eigenvalue weighted by Crippen LogP contribution is -2.47. The Labute approximate surface area is 116 Å². The van der Waals surface area contributed by atoms with Gasteiger partial charge in [-0.15, -0.1) is 0 Å². The average molecular weight is 262 g/mol. The van der Waals surface area contributed by atoms with Crippen molar-refractivity contribution in [1.82, 2.24) is 5.43 Å². The van der Waals surface area contributed by atoms with E-state index in [2.05, 4.69) is 44.4 Å². The minimum Gasteiger partial charge on any atom is -0.381 e. The maximum absolute atomic E-state index is 5.81. The standard InChI is InChI=1S/C16H26N2O/c1-11-4-5-12(2)14(8-11)9-16(18-17)15-6-7-19-10-13(15)3/h4-5,8,13,15-16,18H,6-7,9-10,17H2,1-3H3. The van der Waals surface area contributed by atoms with Crippen LogP contribution in [0.15, 0.2) is 18.2 Å². The quantitative estimate of drug-likeness (QED) is 0.647. The van der Waals surface area contributed by atoms with Crippen LogP contribution in [-0.2, 0) is 11.2 Å². The molecule has 0 amide bonds. The van der Waals surface area contributed by atoms with Gasteiger partial charge in [-0.25, -0.2) is 0 Å². The van der Waals surface area contributed by atoms with Gasteiger partial charge in [0, 0.05) is 19.3 Å². The Morgan fingerprint density at radius 2 is 2.21 bits per heavy atom. The van der Waals surface area contributed by atoms with Crippen molar-refractivity contribution in [3.05, 3.63) is 34.9 Å². The van der Waals surface area contributed by atoms with Gasteiger partial charge in [0.05, 0.1) is 0 Å². The van der Waals surface area contributed by atoms with E-state index < -0.39 is 0 Å². The zero-order chi connectivity index (χ0) is 13.8. The van der Waals surface area contributed by atoms with Crippen molar-refractivity contribution in [3.8, 4) is 0 Å². The monoisotopic (exact) mass is 262 g/mol. The summed E-state index contributed by atoms with van der Waals surface area (Å²) in [7, 11) is 0. The maximum atomic E-state index is 5.81. The van der Waals surface area contributed by atoms with Gasteiger partial charge in [0.15, 0.2) is 0 Å². The molecule has 2 rings (SSSR count). The van der Waals surface area contributed by atoms with E-state index in [1.807, 2.05) is 0 Å². The van der Waals surface area contributed by atoms with Crippen LogP contribution in [0.1, 0.15) is 30.0 Å². The van der Waals surface area contributed by atoms with Crippen molar-refractivity contribution in [2.24, 2.45) is 17.7 Å². The number of benzene rings is 1. The molecular formula is C16H26N2O. The molecule has 1 fully saturated rings. The summed E-state index contributed by atoms with van der Waals surface area (Å²) in [6, 6.07) is 6.98.